The molecule has 3 N–H and O–H groups in total. The number of aliphatic hydroxyl groups excluding tert-OH is 1. The Bertz CT molecular complexity index is 746. The number of nitrogens with one attached hydrogen (secondary N) is 2. The van der Waals surface area contributed by atoms with E-state index in [1.807, 2.05) is 18.2 Å². The lowest BCUT2D eigenvalue weighted by molar-refractivity contribution is 0.248. The highest BCUT2D eigenvalue weighted by molar-refractivity contribution is 9.10. The number of halogens is 1. The smallest absolute Gasteiger partial charge is 0.225 e. The zero-order valence-electron chi connectivity index (χ0n) is 14.9. The fourth-order valence-corrected chi connectivity index (χ4v) is 3.15. The Balaban J connectivity index is 1.87. The van der Waals surface area contributed by atoms with Crippen LogP contribution in [0.5, 0.6) is 0 Å². The molecule has 0 unspecified atom stereocenters. The fourth-order valence-electron chi connectivity index (χ4n) is 2.68. The molecule has 25 heavy (non-hydrogen) atoms. The van der Waals surface area contributed by atoms with Gasteiger partial charge in [0.05, 0.1) is 18.3 Å². The van der Waals surface area contributed by atoms with Crippen LogP contribution in [0, 0.1) is 12.8 Å². The van der Waals surface area contributed by atoms with Crippen LogP contribution in [-0.2, 0) is 0 Å². The van der Waals surface area contributed by atoms with Gasteiger partial charge in [0, 0.05) is 22.1 Å². The predicted molar refractivity (Wildman–Crippen MR) is 106 cm³/mol. The molecular formula is C19H25BrN4O. The zero-order chi connectivity index (χ0) is 18.0. The van der Waals surface area contributed by atoms with Crippen LogP contribution in [0.2, 0.25) is 0 Å². The van der Waals surface area contributed by atoms with Crippen molar-refractivity contribution in [1.82, 2.24) is 9.97 Å². The summed E-state index contributed by atoms with van der Waals surface area (Å²) < 4.78 is 1.06. The first-order chi connectivity index (χ1) is 12.0. The van der Waals surface area contributed by atoms with Crippen molar-refractivity contribution in [2.45, 2.75) is 45.6 Å². The van der Waals surface area contributed by atoms with Crippen molar-refractivity contribution < 1.29 is 5.11 Å². The van der Waals surface area contributed by atoms with Crippen molar-refractivity contribution in [2.24, 2.45) is 5.92 Å². The van der Waals surface area contributed by atoms with E-state index in [-0.39, 0.29) is 12.6 Å². The van der Waals surface area contributed by atoms with Gasteiger partial charge in [0.15, 0.2) is 0 Å². The first kappa shape index (κ1) is 18.1. The van der Waals surface area contributed by atoms with Gasteiger partial charge in [0.2, 0.25) is 5.95 Å². The molecule has 6 heteroatoms. The molecule has 1 atom stereocenters. The van der Waals surface area contributed by atoms with Crippen LogP contribution in [0.4, 0.5) is 17.5 Å². The summed E-state index contributed by atoms with van der Waals surface area (Å²) in [5, 5.41) is 16.3. The molecule has 0 saturated heterocycles. The summed E-state index contributed by atoms with van der Waals surface area (Å²) >= 11 is 3.49. The minimum absolute atomic E-state index is 0.0586. The minimum atomic E-state index is -0.0586. The lowest BCUT2D eigenvalue weighted by Crippen LogP contribution is -2.30. The largest absolute Gasteiger partial charge is 0.394 e. The Labute approximate surface area is 157 Å². The number of aromatic nitrogens is 2. The molecule has 134 valence electrons. The summed E-state index contributed by atoms with van der Waals surface area (Å²) in [7, 11) is 0. The molecule has 1 aliphatic rings. The van der Waals surface area contributed by atoms with E-state index in [0.29, 0.717) is 17.8 Å². The van der Waals surface area contributed by atoms with Crippen molar-refractivity contribution in [3.63, 3.8) is 0 Å². The predicted octanol–water partition coefficient (Wildman–Crippen LogP) is 4.60. The number of hydrogen-bond donors (Lipinski definition) is 3. The van der Waals surface area contributed by atoms with Crippen LogP contribution in [0.25, 0.3) is 0 Å². The van der Waals surface area contributed by atoms with Gasteiger partial charge in [-0.1, -0.05) is 29.8 Å². The van der Waals surface area contributed by atoms with Gasteiger partial charge in [-0.3, -0.25) is 0 Å². The fraction of sp³-hybridized carbons (Fsp3) is 0.474. The maximum Gasteiger partial charge on any atom is 0.225 e. The number of nitrogens with zero attached hydrogens (tertiary/aromatic N) is 2. The lowest BCUT2D eigenvalue weighted by atomic mass is 10.1. The van der Waals surface area contributed by atoms with Gasteiger partial charge in [-0.25, -0.2) is 4.98 Å². The van der Waals surface area contributed by atoms with E-state index in [2.05, 4.69) is 63.4 Å². The summed E-state index contributed by atoms with van der Waals surface area (Å²) in [6.45, 7) is 6.27. The zero-order valence-corrected chi connectivity index (χ0v) is 16.5. The second-order valence-electron chi connectivity index (χ2n) is 7.04. The molecule has 1 saturated carbocycles. The standard InChI is InChI=1S/C19H25BrN4O/c1-11(2)17(10-25)23-19-22-16(13-4-5-13)9-18(24-19)21-15-7-6-14(20)8-12(15)3/h6-9,11,13,17,25H,4-5,10H2,1-3H3,(H2,21,22,23,24)/t17-/m0/s1. The molecule has 3 rings (SSSR count). The average Bonchev–Trinajstić information content (AvgIpc) is 3.40. The average molecular weight is 405 g/mol. The Morgan fingerprint density at radius 1 is 1.24 bits per heavy atom. The van der Waals surface area contributed by atoms with E-state index < -0.39 is 0 Å². The maximum atomic E-state index is 9.58. The van der Waals surface area contributed by atoms with Crippen LogP contribution in [0.15, 0.2) is 28.7 Å². The molecule has 1 aliphatic carbocycles. The van der Waals surface area contributed by atoms with E-state index in [0.717, 1.165) is 27.2 Å². The van der Waals surface area contributed by atoms with Crippen LogP contribution < -0.4 is 10.6 Å². The second kappa shape index (κ2) is 7.70. The summed E-state index contributed by atoms with van der Waals surface area (Å²) in [4.78, 5) is 9.28. The molecule has 0 spiro atoms. The van der Waals surface area contributed by atoms with Crippen molar-refractivity contribution in [3.8, 4) is 0 Å². The number of hydrogen-bond acceptors (Lipinski definition) is 5. The summed E-state index contributed by atoms with van der Waals surface area (Å²) in [5.74, 6) is 2.18. The van der Waals surface area contributed by atoms with E-state index in [1.54, 1.807) is 0 Å². The van der Waals surface area contributed by atoms with E-state index in [1.165, 1.54) is 12.8 Å². The minimum Gasteiger partial charge on any atom is -0.394 e. The molecule has 1 aromatic carbocycles. The Kier molecular flexibility index (Phi) is 5.59. The van der Waals surface area contributed by atoms with Gasteiger partial charge in [-0.05, 0) is 49.4 Å². The van der Waals surface area contributed by atoms with Crippen LogP contribution >= 0.6 is 15.9 Å². The van der Waals surface area contributed by atoms with Gasteiger partial charge < -0.3 is 15.7 Å². The number of benzene rings is 1. The third-order valence-corrected chi connectivity index (χ3v) is 5.00. The Morgan fingerprint density at radius 3 is 2.60 bits per heavy atom. The normalized spacial score (nSPS) is 15.3. The molecule has 1 aromatic heterocycles. The van der Waals surface area contributed by atoms with E-state index in [9.17, 15) is 5.11 Å². The van der Waals surface area contributed by atoms with Crippen molar-refractivity contribution in [3.05, 3.63) is 40.0 Å². The quantitative estimate of drug-likeness (QED) is 0.628. The molecule has 1 fully saturated rings. The topological polar surface area (TPSA) is 70.1 Å². The highest BCUT2D eigenvalue weighted by Crippen LogP contribution is 2.40. The van der Waals surface area contributed by atoms with Crippen LogP contribution in [-0.4, -0.2) is 27.7 Å². The maximum absolute atomic E-state index is 9.58. The number of rotatable bonds is 7. The molecule has 0 radical (unpaired) electrons. The number of aliphatic hydroxyl groups is 1. The molecule has 0 bridgehead atoms. The van der Waals surface area contributed by atoms with Gasteiger partial charge in [-0.15, -0.1) is 0 Å². The molecule has 1 heterocycles. The molecular weight excluding hydrogens is 380 g/mol. The third-order valence-electron chi connectivity index (χ3n) is 4.51. The van der Waals surface area contributed by atoms with Crippen molar-refractivity contribution in [1.29, 1.82) is 0 Å². The van der Waals surface area contributed by atoms with Gasteiger partial charge >= 0.3 is 0 Å². The summed E-state index contributed by atoms with van der Waals surface area (Å²) in [6, 6.07) is 8.10. The molecule has 2 aromatic rings. The van der Waals surface area contributed by atoms with Gasteiger partial charge in [-0.2, -0.15) is 4.98 Å². The van der Waals surface area contributed by atoms with E-state index in [4.69, 9.17) is 0 Å². The summed E-state index contributed by atoms with van der Waals surface area (Å²) in [5.41, 5.74) is 3.23. The molecule has 0 aliphatic heterocycles. The second-order valence-corrected chi connectivity index (χ2v) is 7.95. The SMILES string of the molecule is Cc1cc(Br)ccc1Nc1cc(C2CC2)nc(N[C@@H](CO)C(C)C)n1. The first-order valence-corrected chi connectivity index (χ1v) is 9.55. The van der Waals surface area contributed by atoms with Crippen molar-refractivity contribution in [2.75, 3.05) is 17.2 Å². The van der Waals surface area contributed by atoms with Crippen LogP contribution in [0.1, 0.15) is 43.9 Å². The summed E-state index contributed by atoms with van der Waals surface area (Å²) in [6.07, 6.45) is 2.36. The first-order valence-electron chi connectivity index (χ1n) is 8.76. The highest BCUT2D eigenvalue weighted by Gasteiger charge is 2.26. The number of anilines is 3. The highest BCUT2D eigenvalue weighted by atomic mass is 79.9. The third kappa shape index (κ3) is 4.70. The van der Waals surface area contributed by atoms with Crippen molar-refractivity contribution >= 4 is 33.4 Å². The Hall–Kier alpha value is -1.66. The van der Waals surface area contributed by atoms with Gasteiger partial charge in [0.25, 0.3) is 0 Å². The Morgan fingerprint density at radius 2 is 2.00 bits per heavy atom. The number of aryl methyl sites for hydroxylation is 1. The molecule has 0 amide bonds. The van der Waals surface area contributed by atoms with E-state index >= 15 is 0 Å². The monoisotopic (exact) mass is 404 g/mol. The molecule has 5 nitrogen and oxygen atoms in total. The van der Waals surface area contributed by atoms with Gasteiger partial charge in [0.1, 0.15) is 5.82 Å². The lowest BCUT2D eigenvalue weighted by Gasteiger charge is -2.21. The van der Waals surface area contributed by atoms with Crippen LogP contribution in [0.3, 0.4) is 0 Å².